The lowest BCUT2D eigenvalue weighted by molar-refractivity contribution is -0.145. The molecule has 96 valence electrons. The number of carbonyl (C=O) groups excluding carboxylic acids is 2. The Labute approximate surface area is 107 Å². The van der Waals surface area contributed by atoms with E-state index in [9.17, 15) is 9.59 Å². The predicted molar refractivity (Wildman–Crippen MR) is 69.3 cm³/mol. The van der Waals surface area contributed by atoms with Crippen LogP contribution in [0.4, 0.5) is 0 Å². The molecule has 0 N–H and O–H groups in total. The number of carbonyl (C=O) groups is 2. The van der Waals surface area contributed by atoms with Gasteiger partial charge in [0.2, 0.25) is 11.8 Å². The summed E-state index contributed by atoms with van der Waals surface area (Å²) in [7, 11) is 0. The summed E-state index contributed by atoms with van der Waals surface area (Å²) >= 11 is 1.49. The third kappa shape index (κ3) is 3.24. The van der Waals surface area contributed by atoms with Gasteiger partial charge >= 0.3 is 0 Å². The zero-order valence-corrected chi connectivity index (χ0v) is 11.5. The Hall–Kier alpha value is -0.510. The molecule has 0 radical (unpaired) electrons. The standard InChI is InChI=1S/C13H21NO2S/c1-13(2)8-11(15)14(12(16)9-13)17-10-6-4-3-5-7-10/h10H,3-9H2,1-2H3. The number of hydrogen-bond acceptors (Lipinski definition) is 3. The molecule has 0 unspecified atom stereocenters. The van der Waals surface area contributed by atoms with Crippen molar-refractivity contribution in [2.45, 2.75) is 64.0 Å². The molecule has 0 bridgehead atoms. The highest BCUT2D eigenvalue weighted by Gasteiger charge is 2.39. The van der Waals surface area contributed by atoms with E-state index in [0.717, 1.165) is 12.8 Å². The van der Waals surface area contributed by atoms with E-state index >= 15 is 0 Å². The minimum absolute atomic E-state index is 0.00169. The minimum Gasteiger partial charge on any atom is -0.273 e. The number of nitrogens with zero attached hydrogens (tertiary/aromatic N) is 1. The summed E-state index contributed by atoms with van der Waals surface area (Å²) in [4.78, 5) is 24.0. The molecule has 0 aromatic carbocycles. The molecule has 2 rings (SSSR count). The molecule has 1 saturated carbocycles. The molecule has 1 aliphatic heterocycles. The number of hydrogen-bond donors (Lipinski definition) is 0. The Balaban J connectivity index is 1.96. The summed E-state index contributed by atoms with van der Waals surface area (Å²) in [5.74, 6) is 0.00338. The van der Waals surface area contributed by atoms with Gasteiger partial charge in [-0.25, -0.2) is 4.31 Å². The summed E-state index contributed by atoms with van der Waals surface area (Å²) < 4.78 is 1.45. The van der Waals surface area contributed by atoms with E-state index in [2.05, 4.69) is 0 Å². The van der Waals surface area contributed by atoms with Gasteiger partial charge in [-0.05, 0) is 30.2 Å². The van der Waals surface area contributed by atoms with Crippen molar-refractivity contribution in [2.24, 2.45) is 5.41 Å². The molecule has 1 saturated heterocycles. The number of amides is 2. The van der Waals surface area contributed by atoms with Gasteiger partial charge in [0.15, 0.2) is 0 Å². The molecule has 0 atom stereocenters. The summed E-state index contributed by atoms with van der Waals surface area (Å²) in [5, 5.41) is 0.470. The maximum atomic E-state index is 12.0. The Morgan fingerprint density at radius 2 is 1.59 bits per heavy atom. The molecule has 2 aliphatic rings. The summed E-state index contributed by atoms with van der Waals surface area (Å²) in [6, 6.07) is 0. The van der Waals surface area contributed by atoms with Gasteiger partial charge in [0.25, 0.3) is 0 Å². The van der Waals surface area contributed by atoms with E-state index in [4.69, 9.17) is 0 Å². The van der Waals surface area contributed by atoms with Crippen LogP contribution in [-0.4, -0.2) is 21.4 Å². The number of imide groups is 1. The first kappa shape index (κ1) is 12.9. The smallest absolute Gasteiger partial charge is 0.239 e. The van der Waals surface area contributed by atoms with Gasteiger partial charge < -0.3 is 0 Å². The van der Waals surface area contributed by atoms with Crippen molar-refractivity contribution in [3.63, 3.8) is 0 Å². The van der Waals surface area contributed by atoms with Crippen LogP contribution < -0.4 is 0 Å². The Kier molecular flexibility index (Phi) is 3.81. The fourth-order valence-corrected chi connectivity index (χ4v) is 3.81. The second-order valence-electron chi connectivity index (χ2n) is 5.97. The zero-order chi connectivity index (χ0) is 12.5. The molecule has 0 aromatic rings. The van der Waals surface area contributed by atoms with Crippen molar-refractivity contribution < 1.29 is 9.59 Å². The van der Waals surface area contributed by atoms with Crippen molar-refractivity contribution in [1.29, 1.82) is 0 Å². The quantitative estimate of drug-likeness (QED) is 0.562. The van der Waals surface area contributed by atoms with Crippen molar-refractivity contribution in [3.05, 3.63) is 0 Å². The summed E-state index contributed by atoms with van der Waals surface area (Å²) in [6.07, 6.45) is 7.05. The van der Waals surface area contributed by atoms with Crippen LogP contribution in [-0.2, 0) is 9.59 Å². The highest BCUT2D eigenvalue weighted by Crippen LogP contribution is 2.38. The lowest BCUT2D eigenvalue weighted by atomic mass is 9.83. The second kappa shape index (κ2) is 5.01. The third-order valence-corrected chi connectivity index (χ3v) is 4.91. The van der Waals surface area contributed by atoms with Crippen LogP contribution in [0.25, 0.3) is 0 Å². The van der Waals surface area contributed by atoms with Crippen LogP contribution in [0, 0.1) is 5.41 Å². The van der Waals surface area contributed by atoms with Crippen LogP contribution in [0.1, 0.15) is 58.8 Å². The average Bonchev–Trinajstić information content (AvgIpc) is 2.24. The van der Waals surface area contributed by atoms with Gasteiger partial charge in [-0.15, -0.1) is 0 Å². The van der Waals surface area contributed by atoms with E-state index < -0.39 is 0 Å². The largest absolute Gasteiger partial charge is 0.273 e. The molecule has 2 amide bonds. The fourth-order valence-electron chi connectivity index (χ4n) is 2.60. The maximum absolute atomic E-state index is 12.0. The lowest BCUT2D eigenvalue weighted by Gasteiger charge is -2.36. The van der Waals surface area contributed by atoms with E-state index in [1.54, 1.807) is 0 Å². The van der Waals surface area contributed by atoms with E-state index in [1.807, 2.05) is 13.8 Å². The molecule has 4 heteroatoms. The van der Waals surface area contributed by atoms with Crippen molar-refractivity contribution in [1.82, 2.24) is 4.31 Å². The van der Waals surface area contributed by atoms with E-state index in [-0.39, 0.29) is 17.2 Å². The van der Waals surface area contributed by atoms with Crippen LogP contribution in [0.15, 0.2) is 0 Å². The van der Waals surface area contributed by atoms with Crippen LogP contribution in [0.5, 0.6) is 0 Å². The van der Waals surface area contributed by atoms with Crippen LogP contribution in [0.3, 0.4) is 0 Å². The van der Waals surface area contributed by atoms with Crippen LogP contribution >= 0.6 is 11.9 Å². The molecule has 17 heavy (non-hydrogen) atoms. The molecule has 2 fully saturated rings. The molecular weight excluding hydrogens is 234 g/mol. The first-order valence-electron chi connectivity index (χ1n) is 6.50. The zero-order valence-electron chi connectivity index (χ0n) is 10.7. The van der Waals surface area contributed by atoms with Gasteiger partial charge in [0.1, 0.15) is 0 Å². The van der Waals surface area contributed by atoms with Crippen molar-refractivity contribution in [2.75, 3.05) is 0 Å². The molecule has 0 aromatic heterocycles. The third-order valence-electron chi connectivity index (χ3n) is 3.52. The minimum atomic E-state index is -0.155. The molecule has 3 nitrogen and oxygen atoms in total. The number of piperidine rings is 1. The molecule has 0 spiro atoms. The second-order valence-corrected chi connectivity index (χ2v) is 7.21. The summed E-state index contributed by atoms with van der Waals surface area (Å²) in [5.41, 5.74) is -0.155. The fraction of sp³-hybridized carbons (Fsp3) is 0.846. The van der Waals surface area contributed by atoms with E-state index in [0.29, 0.717) is 18.1 Å². The maximum Gasteiger partial charge on any atom is 0.239 e. The monoisotopic (exact) mass is 255 g/mol. The Morgan fingerprint density at radius 1 is 1.06 bits per heavy atom. The van der Waals surface area contributed by atoms with Gasteiger partial charge in [0.05, 0.1) is 0 Å². The van der Waals surface area contributed by atoms with Gasteiger partial charge in [-0.2, -0.15) is 0 Å². The lowest BCUT2D eigenvalue weighted by Crippen LogP contribution is -2.43. The van der Waals surface area contributed by atoms with Crippen molar-refractivity contribution >= 4 is 23.8 Å². The first-order chi connectivity index (χ1) is 7.98. The van der Waals surface area contributed by atoms with E-state index in [1.165, 1.54) is 35.5 Å². The number of rotatable bonds is 2. The SMILES string of the molecule is CC1(C)CC(=O)N(SC2CCCCC2)C(=O)C1. The Morgan fingerprint density at radius 3 is 2.12 bits per heavy atom. The van der Waals surface area contributed by atoms with Crippen molar-refractivity contribution in [3.8, 4) is 0 Å². The predicted octanol–water partition coefficient (Wildman–Crippen LogP) is 3.14. The first-order valence-corrected chi connectivity index (χ1v) is 7.34. The van der Waals surface area contributed by atoms with Gasteiger partial charge in [0, 0.05) is 18.1 Å². The summed E-state index contributed by atoms with van der Waals surface area (Å²) in [6.45, 7) is 3.98. The van der Waals surface area contributed by atoms with Gasteiger partial charge in [-0.1, -0.05) is 33.1 Å². The topological polar surface area (TPSA) is 37.4 Å². The highest BCUT2D eigenvalue weighted by molar-refractivity contribution is 7.98. The molecule has 1 heterocycles. The molecular formula is C13H21NO2S. The average molecular weight is 255 g/mol. The highest BCUT2D eigenvalue weighted by atomic mass is 32.2. The van der Waals surface area contributed by atoms with Gasteiger partial charge in [-0.3, -0.25) is 9.59 Å². The normalized spacial score (nSPS) is 26.4. The van der Waals surface area contributed by atoms with Crippen LogP contribution in [0.2, 0.25) is 0 Å². The Bertz CT molecular complexity index is 301. The molecule has 1 aliphatic carbocycles.